The van der Waals surface area contributed by atoms with Gasteiger partial charge in [0.05, 0.1) is 0 Å². The van der Waals surface area contributed by atoms with Gasteiger partial charge in [0.25, 0.3) is 0 Å². The Kier molecular flexibility index (Phi) is 3.73. The van der Waals surface area contributed by atoms with Crippen molar-refractivity contribution in [1.82, 2.24) is 0 Å². The van der Waals surface area contributed by atoms with Crippen molar-refractivity contribution in [3.8, 4) is 0 Å². The van der Waals surface area contributed by atoms with Crippen LogP contribution in [-0.4, -0.2) is 5.11 Å². The summed E-state index contributed by atoms with van der Waals surface area (Å²) in [5.41, 5.74) is -0.620. The summed E-state index contributed by atoms with van der Waals surface area (Å²) < 4.78 is 27.5. The van der Waals surface area contributed by atoms with E-state index in [9.17, 15) is 13.9 Å². The van der Waals surface area contributed by atoms with E-state index in [1.54, 1.807) is 36.4 Å². The minimum Gasteiger partial charge on any atom is -0.376 e. The Hall–Kier alpha value is -2.52. The summed E-state index contributed by atoms with van der Waals surface area (Å²) in [4.78, 5) is 0. The minimum absolute atomic E-state index is 0.132. The normalized spacial score (nSPS) is 13.6. The predicted molar refractivity (Wildman–Crippen MR) is 81.3 cm³/mol. The van der Waals surface area contributed by atoms with Crippen molar-refractivity contribution in [3.63, 3.8) is 0 Å². The van der Waals surface area contributed by atoms with Crippen molar-refractivity contribution in [3.05, 3.63) is 107 Å². The van der Waals surface area contributed by atoms with Crippen LogP contribution in [0.5, 0.6) is 0 Å². The zero-order chi connectivity index (χ0) is 15.6. The molecule has 0 amide bonds. The minimum atomic E-state index is -1.68. The van der Waals surface area contributed by atoms with Gasteiger partial charge in [-0.05, 0) is 29.3 Å². The maximum Gasteiger partial charge on any atom is 0.143 e. The largest absolute Gasteiger partial charge is 0.376 e. The zero-order valence-electron chi connectivity index (χ0n) is 11.7. The molecule has 1 atom stereocenters. The van der Waals surface area contributed by atoms with Crippen LogP contribution in [0.4, 0.5) is 8.78 Å². The molecule has 0 heterocycles. The number of aliphatic hydroxyl groups is 1. The van der Waals surface area contributed by atoms with Gasteiger partial charge in [-0.3, -0.25) is 0 Å². The molecule has 0 fully saturated rings. The second-order valence-corrected chi connectivity index (χ2v) is 5.06. The molecule has 3 aromatic rings. The van der Waals surface area contributed by atoms with Gasteiger partial charge in [0, 0.05) is 5.56 Å². The van der Waals surface area contributed by atoms with E-state index in [4.69, 9.17) is 0 Å². The smallest absolute Gasteiger partial charge is 0.143 e. The lowest BCUT2D eigenvalue weighted by Gasteiger charge is -2.30. The summed E-state index contributed by atoms with van der Waals surface area (Å²) in [5.74, 6) is -0.925. The molecule has 0 saturated carbocycles. The molecule has 0 aliphatic carbocycles. The monoisotopic (exact) mass is 296 g/mol. The lowest BCUT2D eigenvalue weighted by atomic mass is 9.80. The molecule has 1 unspecified atom stereocenters. The maximum absolute atomic E-state index is 14.3. The number of hydrogen-bond acceptors (Lipinski definition) is 1. The molecular formula is C19H14F2O. The average Bonchev–Trinajstić information content (AvgIpc) is 2.56. The molecule has 0 aromatic heterocycles. The molecule has 110 valence electrons. The molecule has 3 heteroatoms. The van der Waals surface area contributed by atoms with E-state index >= 15 is 0 Å². The molecule has 0 spiro atoms. The summed E-state index contributed by atoms with van der Waals surface area (Å²) in [5, 5.41) is 11.3. The number of halogens is 2. The highest BCUT2D eigenvalue weighted by atomic mass is 19.1. The van der Waals surface area contributed by atoms with E-state index in [1.165, 1.54) is 36.4 Å². The van der Waals surface area contributed by atoms with E-state index in [1.807, 2.05) is 6.07 Å². The average molecular weight is 296 g/mol. The summed E-state index contributed by atoms with van der Waals surface area (Å²) in [7, 11) is 0. The van der Waals surface area contributed by atoms with Crippen LogP contribution in [0.2, 0.25) is 0 Å². The molecule has 1 nitrogen and oxygen atoms in total. The molecule has 0 saturated heterocycles. The van der Waals surface area contributed by atoms with Gasteiger partial charge in [0.15, 0.2) is 0 Å². The van der Waals surface area contributed by atoms with E-state index in [0.29, 0.717) is 11.1 Å². The van der Waals surface area contributed by atoms with Crippen molar-refractivity contribution in [2.75, 3.05) is 0 Å². The summed E-state index contributed by atoms with van der Waals surface area (Å²) in [6, 6.07) is 20.3. The lowest BCUT2D eigenvalue weighted by Crippen LogP contribution is -2.30. The highest BCUT2D eigenvalue weighted by Gasteiger charge is 2.35. The second-order valence-electron chi connectivity index (χ2n) is 5.06. The standard InChI is InChI=1S/C19H14F2O/c20-16-12-10-15(11-13-16)19(22,14-6-2-1-3-7-14)17-8-4-5-9-18(17)21/h1-13,22H. The molecule has 3 aromatic carbocycles. The van der Waals surface area contributed by atoms with Crippen LogP contribution in [0.25, 0.3) is 0 Å². The zero-order valence-corrected chi connectivity index (χ0v) is 11.7. The molecule has 22 heavy (non-hydrogen) atoms. The third kappa shape index (κ3) is 2.40. The Bertz CT molecular complexity index is 769. The number of rotatable bonds is 3. The summed E-state index contributed by atoms with van der Waals surface area (Å²) in [6.45, 7) is 0. The third-order valence-corrected chi connectivity index (χ3v) is 3.72. The van der Waals surface area contributed by atoms with Gasteiger partial charge in [0.1, 0.15) is 17.2 Å². The first kappa shape index (κ1) is 14.4. The molecule has 0 radical (unpaired) electrons. The van der Waals surface area contributed by atoms with Crippen molar-refractivity contribution >= 4 is 0 Å². The first-order chi connectivity index (χ1) is 10.6. The SMILES string of the molecule is OC(c1ccccc1)(c1ccc(F)cc1)c1ccccc1F. The summed E-state index contributed by atoms with van der Waals surface area (Å²) >= 11 is 0. The van der Waals surface area contributed by atoms with Gasteiger partial charge in [-0.25, -0.2) is 8.78 Å². The van der Waals surface area contributed by atoms with Crippen molar-refractivity contribution in [2.45, 2.75) is 5.60 Å². The van der Waals surface area contributed by atoms with Crippen LogP contribution in [0.15, 0.2) is 78.9 Å². The van der Waals surface area contributed by atoms with Gasteiger partial charge < -0.3 is 5.11 Å². The lowest BCUT2D eigenvalue weighted by molar-refractivity contribution is 0.121. The third-order valence-electron chi connectivity index (χ3n) is 3.72. The van der Waals surface area contributed by atoms with Crippen LogP contribution in [0.1, 0.15) is 16.7 Å². The highest BCUT2D eigenvalue weighted by Crippen LogP contribution is 2.37. The Morgan fingerprint density at radius 3 is 1.82 bits per heavy atom. The predicted octanol–water partition coefficient (Wildman–Crippen LogP) is 4.25. The first-order valence-corrected chi connectivity index (χ1v) is 6.91. The maximum atomic E-state index is 14.3. The number of benzene rings is 3. The summed E-state index contributed by atoms with van der Waals surface area (Å²) in [6.07, 6.45) is 0. The molecule has 0 aliphatic heterocycles. The van der Waals surface area contributed by atoms with Crippen molar-refractivity contribution < 1.29 is 13.9 Å². The topological polar surface area (TPSA) is 20.2 Å². The Labute approximate surface area is 127 Å². The quantitative estimate of drug-likeness (QED) is 0.716. The van der Waals surface area contributed by atoms with Gasteiger partial charge >= 0.3 is 0 Å². The van der Waals surface area contributed by atoms with Gasteiger partial charge in [0.2, 0.25) is 0 Å². The van der Waals surface area contributed by atoms with Crippen LogP contribution >= 0.6 is 0 Å². The van der Waals surface area contributed by atoms with E-state index in [-0.39, 0.29) is 5.56 Å². The Balaban J connectivity index is 2.27. The van der Waals surface area contributed by atoms with E-state index in [2.05, 4.69) is 0 Å². The first-order valence-electron chi connectivity index (χ1n) is 6.91. The molecular weight excluding hydrogens is 282 g/mol. The fraction of sp³-hybridized carbons (Fsp3) is 0.0526. The van der Waals surface area contributed by atoms with Crippen LogP contribution in [0.3, 0.4) is 0 Å². The van der Waals surface area contributed by atoms with Crippen LogP contribution < -0.4 is 0 Å². The van der Waals surface area contributed by atoms with Gasteiger partial charge in [-0.1, -0.05) is 60.7 Å². The second kappa shape index (κ2) is 5.70. The molecule has 1 N–H and O–H groups in total. The van der Waals surface area contributed by atoms with Gasteiger partial charge in [-0.15, -0.1) is 0 Å². The van der Waals surface area contributed by atoms with Crippen LogP contribution in [-0.2, 0) is 5.60 Å². The van der Waals surface area contributed by atoms with Crippen molar-refractivity contribution in [2.24, 2.45) is 0 Å². The van der Waals surface area contributed by atoms with E-state index in [0.717, 1.165) is 0 Å². The van der Waals surface area contributed by atoms with E-state index < -0.39 is 17.2 Å². The number of hydrogen-bond donors (Lipinski definition) is 1. The van der Waals surface area contributed by atoms with Crippen LogP contribution in [0, 0.1) is 11.6 Å². The Morgan fingerprint density at radius 1 is 0.636 bits per heavy atom. The Morgan fingerprint density at radius 2 is 1.18 bits per heavy atom. The fourth-order valence-corrected chi connectivity index (χ4v) is 2.60. The van der Waals surface area contributed by atoms with Crippen molar-refractivity contribution in [1.29, 1.82) is 0 Å². The van der Waals surface area contributed by atoms with Gasteiger partial charge in [-0.2, -0.15) is 0 Å². The molecule has 0 bridgehead atoms. The molecule has 0 aliphatic rings. The highest BCUT2D eigenvalue weighted by molar-refractivity contribution is 5.47. The molecule has 3 rings (SSSR count). The fourth-order valence-electron chi connectivity index (χ4n) is 2.60.